The monoisotopic (exact) mass is 342 g/mol. The summed E-state index contributed by atoms with van der Waals surface area (Å²) in [6.45, 7) is 0.239. The first-order valence-corrected chi connectivity index (χ1v) is 8.82. The van der Waals surface area contributed by atoms with Crippen LogP contribution in [-0.2, 0) is 15.8 Å². The first-order chi connectivity index (χ1) is 10.4. The minimum absolute atomic E-state index is 0.105. The molecule has 0 aliphatic carbocycles. The SMILES string of the molecule is CN(C)[C@H](CNS(=O)(=O)Cc1cccc(Cl)c1)c1ccco1. The minimum Gasteiger partial charge on any atom is -0.468 e. The van der Waals surface area contributed by atoms with E-state index >= 15 is 0 Å². The van der Waals surface area contributed by atoms with Crippen LogP contribution >= 0.6 is 11.6 Å². The summed E-state index contributed by atoms with van der Waals surface area (Å²) in [5, 5.41) is 0.523. The molecule has 0 amide bonds. The lowest BCUT2D eigenvalue weighted by Gasteiger charge is -2.22. The van der Waals surface area contributed by atoms with Crippen LogP contribution < -0.4 is 4.72 Å². The van der Waals surface area contributed by atoms with Crippen LogP contribution in [-0.4, -0.2) is 34.0 Å². The van der Waals surface area contributed by atoms with Crippen molar-refractivity contribution in [3.8, 4) is 0 Å². The van der Waals surface area contributed by atoms with Gasteiger partial charge in [0.05, 0.1) is 18.1 Å². The number of nitrogens with zero attached hydrogens (tertiary/aromatic N) is 1. The van der Waals surface area contributed by atoms with Crippen molar-refractivity contribution in [3.05, 3.63) is 59.0 Å². The molecule has 2 rings (SSSR count). The molecule has 1 aromatic heterocycles. The van der Waals surface area contributed by atoms with Gasteiger partial charge < -0.3 is 4.42 Å². The van der Waals surface area contributed by atoms with Gasteiger partial charge in [-0.25, -0.2) is 13.1 Å². The quantitative estimate of drug-likeness (QED) is 0.840. The Hall–Kier alpha value is -1.34. The summed E-state index contributed by atoms with van der Waals surface area (Å²) >= 11 is 5.88. The lowest BCUT2D eigenvalue weighted by atomic mass is 10.2. The molecule has 0 bridgehead atoms. The average molecular weight is 343 g/mol. The lowest BCUT2D eigenvalue weighted by molar-refractivity contribution is 0.259. The summed E-state index contributed by atoms with van der Waals surface area (Å²) in [5.41, 5.74) is 0.652. The van der Waals surface area contributed by atoms with Gasteiger partial charge in [0.2, 0.25) is 10.0 Å². The van der Waals surface area contributed by atoms with Crippen LogP contribution in [0.3, 0.4) is 0 Å². The standard InChI is InChI=1S/C15H19ClN2O3S/c1-18(2)14(15-7-4-8-21-15)10-17-22(19,20)11-12-5-3-6-13(16)9-12/h3-9,14,17H,10-11H2,1-2H3/t14-/m1/s1. The second-order valence-corrected chi connectivity index (χ2v) is 7.48. The maximum atomic E-state index is 12.2. The number of hydrogen-bond acceptors (Lipinski definition) is 4. The molecule has 1 aromatic carbocycles. The van der Waals surface area contributed by atoms with E-state index in [-0.39, 0.29) is 18.3 Å². The molecule has 1 N–H and O–H groups in total. The van der Waals surface area contributed by atoms with Gasteiger partial charge in [-0.05, 0) is 43.9 Å². The summed E-state index contributed by atoms with van der Waals surface area (Å²) < 4.78 is 32.4. The molecule has 22 heavy (non-hydrogen) atoms. The molecule has 0 spiro atoms. The fourth-order valence-electron chi connectivity index (χ4n) is 2.12. The first-order valence-electron chi connectivity index (χ1n) is 6.79. The molecule has 0 fully saturated rings. The van der Waals surface area contributed by atoms with Crippen LogP contribution in [0.15, 0.2) is 47.1 Å². The van der Waals surface area contributed by atoms with E-state index in [1.165, 1.54) is 0 Å². The van der Waals surface area contributed by atoms with Crippen LogP contribution in [0, 0.1) is 0 Å². The second kappa shape index (κ2) is 7.28. The molecular weight excluding hydrogens is 324 g/mol. The Kier molecular flexibility index (Phi) is 5.63. The van der Waals surface area contributed by atoms with Crippen molar-refractivity contribution in [2.75, 3.05) is 20.6 Å². The van der Waals surface area contributed by atoms with Gasteiger partial charge in [0.1, 0.15) is 5.76 Å². The Morgan fingerprint density at radius 3 is 2.64 bits per heavy atom. The molecule has 2 aromatic rings. The normalized spacial score (nSPS) is 13.5. The van der Waals surface area contributed by atoms with E-state index < -0.39 is 10.0 Å². The zero-order valence-corrected chi connectivity index (χ0v) is 14.1. The Bertz CT molecular complexity index is 699. The van der Waals surface area contributed by atoms with E-state index in [4.69, 9.17) is 16.0 Å². The van der Waals surface area contributed by atoms with Gasteiger partial charge in [-0.2, -0.15) is 0 Å². The maximum Gasteiger partial charge on any atom is 0.215 e. The fraction of sp³-hybridized carbons (Fsp3) is 0.333. The largest absolute Gasteiger partial charge is 0.468 e. The van der Waals surface area contributed by atoms with Crippen LogP contribution in [0.25, 0.3) is 0 Å². The smallest absolute Gasteiger partial charge is 0.215 e. The Morgan fingerprint density at radius 1 is 1.27 bits per heavy atom. The molecular formula is C15H19ClN2O3S. The summed E-state index contributed by atoms with van der Waals surface area (Å²) in [4.78, 5) is 1.90. The van der Waals surface area contributed by atoms with Crippen LogP contribution in [0.2, 0.25) is 5.02 Å². The molecule has 0 aliphatic heterocycles. The van der Waals surface area contributed by atoms with Crippen molar-refractivity contribution in [2.45, 2.75) is 11.8 Å². The van der Waals surface area contributed by atoms with Crippen LogP contribution in [0.5, 0.6) is 0 Å². The van der Waals surface area contributed by atoms with Gasteiger partial charge >= 0.3 is 0 Å². The van der Waals surface area contributed by atoms with Crippen molar-refractivity contribution in [1.29, 1.82) is 0 Å². The van der Waals surface area contributed by atoms with Gasteiger partial charge in [-0.1, -0.05) is 23.7 Å². The highest BCUT2D eigenvalue weighted by Gasteiger charge is 2.20. The molecule has 0 unspecified atom stereocenters. The zero-order chi connectivity index (χ0) is 16.2. The average Bonchev–Trinajstić information content (AvgIpc) is 2.91. The number of benzene rings is 1. The van der Waals surface area contributed by atoms with Crippen molar-refractivity contribution in [2.24, 2.45) is 0 Å². The number of halogens is 1. The second-order valence-electron chi connectivity index (χ2n) is 5.23. The van der Waals surface area contributed by atoms with Gasteiger partial charge in [0.25, 0.3) is 0 Å². The molecule has 7 heteroatoms. The number of furan rings is 1. The van der Waals surface area contributed by atoms with Crippen LogP contribution in [0.1, 0.15) is 17.4 Å². The van der Waals surface area contributed by atoms with Gasteiger partial charge in [0, 0.05) is 11.6 Å². The molecule has 5 nitrogen and oxygen atoms in total. The summed E-state index contributed by atoms with van der Waals surface area (Å²) in [6, 6.07) is 10.3. The molecule has 120 valence electrons. The van der Waals surface area contributed by atoms with Crippen LogP contribution in [0.4, 0.5) is 0 Å². The van der Waals surface area contributed by atoms with Crippen molar-refractivity contribution in [1.82, 2.24) is 9.62 Å². The molecule has 1 heterocycles. The summed E-state index contributed by atoms with van der Waals surface area (Å²) in [5.74, 6) is 0.613. The maximum absolute atomic E-state index is 12.2. The minimum atomic E-state index is -3.45. The first kappa shape index (κ1) is 17.0. The Morgan fingerprint density at radius 2 is 2.05 bits per heavy atom. The van der Waals surface area contributed by atoms with E-state index in [1.807, 2.05) is 25.1 Å². The predicted octanol–water partition coefficient (Wildman–Crippen LogP) is 2.66. The van der Waals surface area contributed by atoms with Gasteiger partial charge in [-0.3, -0.25) is 4.90 Å². The van der Waals surface area contributed by atoms with E-state index in [0.717, 1.165) is 5.76 Å². The highest BCUT2D eigenvalue weighted by atomic mass is 35.5. The molecule has 1 atom stereocenters. The van der Waals surface area contributed by atoms with Crippen molar-refractivity contribution < 1.29 is 12.8 Å². The number of rotatable bonds is 7. The van der Waals surface area contributed by atoms with E-state index in [0.29, 0.717) is 10.6 Å². The highest BCUT2D eigenvalue weighted by molar-refractivity contribution is 7.88. The van der Waals surface area contributed by atoms with Gasteiger partial charge in [-0.15, -0.1) is 0 Å². The Balaban J connectivity index is 2.02. The lowest BCUT2D eigenvalue weighted by Crippen LogP contribution is -2.35. The number of sulfonamides is 1. The third-order valence-corrected chi connectivity index (χ3v) is 4.79. The third kappa shape index (κ3) is 4.84. The summed E-state index contributed by atoms with van der Waals surface area (Å²) in [7, 11) is 0.299. The molecule has 0 saturated carbocycles. The van der Waals surface area contributed by atoms with E-state index in [1.54, 1.807) is 36.6 Å². The summed E-state index contributed by atoms with van der Waals surface area (Å²) in [6.07, 6.45) is 1.58. The van der Waals surface area contributed by atoms with E-state index in [2.05, 4.69) is 4.72 Å². The molecule has 0 aliphatic rings. The molecule has 0 saturated heterocycles. The number of likely N-dealkylation sites (N-methyl/N-ethyl adjacent to an activating group) is 1. The highest BCUT2D eigenvalue weighted by Crippen LogP contribution is 2.18. The predicted molar refractivity (Wildman–Crippen MR) is 87.2 cm³/mol. The fourth-order valence-corrected chi connectivity index (χ4v) is 3.47. The Labute approximate surface area is 135 Å². The van der Waals surface area contributed by atoms with E-state index in [9.17, 15) is 8.42 Å². The van der Waals surface area contributed by atoms with Gasteiger partial charge in [0.15, 0.2) is 0 Å². The third-order valence-electron chi connectivity index (χ3n) is 3.24. The van der Waals surface area contributed by atoms with Crippen molar-refractivity contribution >= 4 is 21.6 Å². The van der Waals surface area contributed by atoms with Crippen molar-refractivity contribution in [3.63, 3.8) is 0 Å². The zero-order valence-electron chi connectivity index (χ0n) is 12.5. The molecule has 0 radical (unpaired) electrons. The topological polar surface area (TPSA) is 62.6 Å². The number of hydrogen-bond donors (Lipinski definition) is 1. The number of nitrogens with one attached hydrogen (secondary N) is 1.